The van der Waals surface area contributed by atoms with Crippen LogP contribution in [0, 0.1) is 0 Å². The number of hydrogen-bond donors (Lipinski definition) is 0. The summed E-state index contributed by atoms with van der Waals surface area (Å²) in [6.07, 6.45) is 0. The topological polar surface area (TPSA) is 51.8 Å². The Bertz CT molecular complexity index is 2780. The van der Waals surface area contributed by atoms with E-state index in [0.717, 1.165) is 76.9 Å². The van der Waals surface area contributed by atoms with Crippen molar-refractivity contribution in [2.24, 2.45) is 0 Å². The van der Waals surface area contributed by atoms with E-state index in [1.54, 1.807) is 0 Å². The summed E-state index contributed by atoms with van der Waals surface area (Å²) in [5.41, 5.74) is 9.21. The molecule has 0 radical (unpaired) electrons. The van der Waals surface area contributed by atoms with Gasteiger partial charge in [-0.15, -0.1) is 0 Å². The molecule has 4 heteroatoms. The second kappa shape index (κ2) is 11.9. The monoisotopic (exact) mass is 651 g/mol. The Morgan fingerprint density at radius 3 is 1.33 bits per heavy atom. The lowest BCUT2D eigenvalue weighted by Gasteiger charge is -2.18. The van der Waals surface area contributed by atoms with Crippen LogP contribution in [0.4, 0.5) is 0 Å². The van der Waals surface area contributed by atoms with E-state index >= 15 is 0 Å². The van der Waals surface area contributed by atoms with E-state index in [2.05, 4.69) is 103 Å². The molecule has 2 heterocycles. The lowest BCUT2D eigenvalue weighted by molar-refractivity contribution is 0.670. The number of nitrogens with zero attached hydrogens (tertiary/aromatic N) is 3. The zero-order valence-corrected chi connectivity index (χ0v) is 27.5. The number of rotatable bonds is 5. The van der Waals surface area contributed by atoms with Gasteiger partial charge in [-0.05, 0) is 44.3 Å². The van der Waals surface area contributed by atoms with E-state index in [9.17, 15) is 0 Å². The Kier molecular flexibility index (Phi) is 6.78. The summed E-state index contributed by atoms with van der Waals surface area (Å²) in [6, 6.07) is 61.0. The molecule has 238 valence electrons. The predicted octanol–water partition coefficient (Wildman–Crippen LogP) is 12.4. The number of furan rings is 1. The molecule has 0 saturated carbocycles. The van der Waals surface area contributed by atoms with Crippen molar-refractivity contribution in [1.29, 1.82) is 0 Å². The number of benzene rings is 8. The average molecular weight is 652 g/mol. The van der Waals surface area contributed by atoms with Crippen LogP contribution in [0.2, 0.25) is 0 Å². The van der Waals surface area contributed by atoms with E-state index in [0.29, 0.717) is 17.5 Å². The normalized spacial score (nSPS) is 11.5. The van der Waals surface area contributed by atoms with Gasteiger partial charge in [-0.2, -0.15) is 0 Å². The molecule has 0 amide bonds. The van der Waals surface area contributed by atoms with Crippen LogP contribution < -0.4 is 0 Å². The van der Waals surface area contributed by atoms with Crippen LogP contribution in [0.15, 0.2) is 180 Å². The molecule has 0 aliphatic carbocycles. The lowest BCUT2D eigenvalue weighted by atomic mass is 9.87. The van der Waals surface area contributed by atoms with Crippen LogP contribution in [0.25, 0.3) is 99.9 Å². The fourth-order valence-electron chi connectivity index (χ4n) is 7.39. The number of para-hydroxylation sites is 2. The minimum atomic E-state index is 0.645. The maximum absolute atomic E-state index is 6.38. The summed E-state index contributed by atoms with van der Waals surface area (Å²) < 4.78 is 6.38. The Labute approximate surface area is 294 Å². The van der Waals surface area contributed by atoms with Crippen LogP contribution in [0.5, 0.6) is 0 Å². The molecule has 0 fully saturated rings. The maximum Gasteiger partial charge on any atom is 0.165 e. The van der Waals surface area contributed by atoms with Crippen LogP contribution in [0.1, 0.15) is 0 Å². The quantitative estimate of drug-likeness (QED) is 0.174. The van der Waals surface area contributed by atoms with E-state index in [-0.39, 0.29) is 0 Å². The van der Waals surface area contributed by atoms with Gasteiger partial charge in [-0.1, -0.05) is 170 Å². The first-order chi connectivity index (χ1) is 25.3. The Morgan fingerprint density at radius 1 is 0.294 bits per heavy atom. The van der Waals surface area contributed by atoms with Gasteiger partial charge in [0.1, 0.15) is 11.2 Å². The van der Waals surface area contributed by atoms with Crippen molar-refractivity contribution in [3.63, 3.8) is 0 Å². The van der Waals surface area contributed by atoms with E-state index < -0.39 is 0 Å². The van der Waals surface area contributed by atoms with Gasteiger partial charge in [0.15, 0.2) is 17.5 Å². The molecule has 0 N–H and O–H groups in total. The third-order valence-electron chi connectivity index (χ3n) is 9.74. The van der Waals surface area contributed by atoms with Crippen LogP contribution >= 0.6 is 0 Å². The van der Waals surface area contributed by atoms with Crippen molar-refractivity contribution in [3.8, 4) is 56.4 Å². The molecule has 0 spiro atoms. The molecule has 0 bridgehead atoms. The van der Waals surface area contributed by atoms with Crippen molar-refractivity contribution in [2.75, 3.05) is 0 Å². The van der Waals surface area contributed by atoms with E-state index in [4.69, 9.17) is 19.4 Å². The lowest BCUT2D eigenvalue weighted by Crippen LogP contribution is -2.01. The minimum Gasteiger partial charge on any atom is -0.455 e. The molecule has 0 aliphatic heterocycles. The van der Waals surface area contributed by atoms with E-state index in [1.165, 1.54) is 5.56 Å². The van der Waals surface area contributed by atoms with Crippen LogP contribution in [-0.2, 0) is 0 Å². The van der Waals surface area contributed by atoms with Gasteiger partial charge in [0.05, 0.1) is 0 Å². The maximum atomic E-state index is 6.38. The zero-order valence-electron chi connectivity index (χ0n) is 27.5. The van der Waals surface area contributed by atoms with Gasteiger partial charge in [-0.3, -0.25) is 0 Å². The number of aromatic nitrogens is 3. The second-order valence-electron chi connectivity index (χ2n) is 12.7. The summed E-state index contributed by atoms with van der Waals surface area (Å²) in [6.45, 7) is 0. The highest BCUT2D eigenvalue weighted by atomic mass is 16.3. The van der Waals surface area contributed by atoms with Crippen LogP contribution in [0.3, 0.4) is 0 Å². The highest BCUT2D eigenvalue weighted by Gasteiger charge is 2.21. The summed E-state index contributed by atoms with van der Waals surface area (Å²) in [5, 5.41) is 6.72. The molecule has 0 aliphatic rings. The molecular weight excluding hydrogens is 623 g/mol. The third-order valence-corrected chi connectivity index (χ3v) is 9.74. The summed E-state index contributed by atoms with van der Waals surface area (Å²) in [7, 11) is 0. The van der Waals surface area contributed by atoms with Crippen molar-refractivity contribution < 1.29 is 4.42 Å². The van der Waals surface area contributed by atoms with Gasteiger partial charge in [0.25, 0.3) is 0 Å². The molecule has 0 saturated heterocycles. The van der Waals surface area contributed by atoms with Crippen molar-refractivity contribution in [1.82, 2.24) is 15.0 Å². The Balaban J connectivity index is 1.18. The third kappa shape index (κ3) is 4.88. The fourth-order valence-corrected chi connectivity index (χ4v) is 7.39. The Morgan fingerprint density at radius 2 is 0.745 bits per heavy atom. The second-order valence-corrected chi connectivity index (χ2v) is 12.7. The predicted molar refractivity (Wildman–Crippen MR) is 209 cm³/mol. The van der Waals surface area contributed by atoms with Gasteiger partial charge in [0.2, 0.25) is 0 Å². The molecule has 10 aromatic rings. The zero-order chi connectivity index (χ0) is 33.7. The molecule has 2 aromatic heterocycles. The first-order valence-electron chi connectivity index (χ1n) is 17.1. The standard InChI is InChI=1S/C47H29N3O/c1-3-14-32(15-4-1)45-48-46(33-16-5-2-6-17-33)50-47(49-45)43-38-21-9-7-19-36(38)42(37-20-8-10-22-39(37)43)31-28-26-30(27-29-31)34-23-13-24-40-35-18-11-12-25-41(35)51-44(34)40/h1-29H. The highest BCUT2D eigenvalue weighted by molar-refractivity contribution is 6.21. The van der Waals surface area contributed by atoms with Crippen molar-refractivity contribution in [3.05, 3.63) is 176 Å². The molecule has 10 rings (SSSR count). The molecule has 8 aromatic carbocycles. The van der Waals surface area contributed by atoms with Gasteiger partial charge in [-0.25, -0.2) is 15.0 Å². The molecule has 0 atom stereocenters. The highest BCUT2D eigenvalue weighted by Crippen LogP contribution is 2.44. The number of fused-ring (bicyclic) bond motifs is 5. The molecule has 4 nitrogen and oxygen atoms in total. The molecular formula is C47H29N3O. The van der Waals surface area contributed by atoms with Crippen molar-refractivity contribution in [2.45, 2.75) is 0 Å². The average Bonchev–Trinajstić information content (AvgIpc) is 3.60. The largest absolute Gasteiger partial charge is 0.455 e. The summed E-state index contributed by atoms with van der Waals surface area (Å²) >= 11 is 0. The molecule has 51 heavy (non-hydrogen) atoms. The van der Waals surface area contributed by atoms with Gasteiger partial charge < -0.3 is 4.42 Å². The summed E-state index contributed by atoms with van der Waals surface area (Å²) in [4.78, 5) is 15.3. The van der Waals surface area contributed by atoms with Gasteiger partial charge >= 0.3 is 0 Å². The molecule has 0 unspecified atom stereocenters. The smallest absolute Gasteiger partial charge is 0.165 e. The minimum absolute atomic E-state index is 0.645. The first-order valence-corrected chi connectivity index (χ1v) is 17.1. The Hall–Kier alpha value is -6.91. The van der Waals surface area contributed by atoms with Crippen LogP contribution in [-0.4, -0.2) is 15.0 Å². The fraction of sp³-hybridized carbons (Fsp3) is 0. The number of hydrogen-bond acceptors (Lipinski definition) is 4. The SMILES string of the molecule is c1ccc(-c2nc(-c3ccccc3)nc(-c3c4ccccc4c(-c4ccc(-c5cccc6c5oc5ccccc56)cc4)c4ccccc34)n2)cc1. The first kappa shape index (κ1) is 29.0. The van der Waals surface area contributed by atoms with E-state index in [1.807, 2.05) is 72.8 Å². The summed E-state index contributed by atoms with van der Waals surface area (Å²) in [5.74, 6) is 1.94. The van der Waals surface area contributed by atoms with Gasteiger partial charge in [0, 0.05) is 33.0 Å². The van der Waals surface area contributed by atoms with Crippen molar-refractivity contribution >= 4 is 43.5 Å².